The Morgan fingerprint density at radius 2 is 1.95 bits per heavy atom. The van der Waals surface area contributed by atoms with Gasteiger partial charge in [0.25, 0.3) is 0 Å². The summed E-state index contributed by atoms with van der Waals surface area (Å²) in [6.07, 6.45) is 11.9. The summed E-state index contributed by atoms with van der Waals surface area (Å²) >= 11 is 0. The third-order valence-corrected chi connectivity index (χ3v) is 4.29. The summed E-state index contributed by atoms with van der Waals surface area (Å²) in [7, 11) is 3.62. The highest BCUT2D eigenvalue weighted by Gasteiger charge is 2.33. The van der Waals surface area contributed by atoms with Gasteiger partial charge in [-0.15, -0.1) is 0 Å². The molecule has 22 heavy (non-hydrogen) atoms. The predicted octanol–water partition coefficient (Wildman–Crippen LogP) is 3.78. The van der Waals surface area contributed by atoms with Crippen molar-refractivity contribution in [3.63, 3.8) is 0 Å². The maximum atomic E-state index is 12.5. The molecule has 2 unspecified atom stereocenters. The first-order valence-corrected chi connectivity index (χ1v) is 7.73. The zero-order chi connectivity index (χ0) is 15.5. The second-order valence-electron chi connectivity index (χ2n) is 6.06. The minimum absolute atomic E-state index is 0.0328. The second-order valence-corrected chi connectivity index (χ2v) is 6.06. The first-order chi connectivity index (χ1) is 10.7. The van der Waals surface area contributed by atoms with Gasteiger partial charge in [-0.05, 0) is 17.6 Å². The first kappa shape index (κ1) is 14.6. The number of nitrogens with zero attached hydrogens (tertiary/aromatic N) is 2. The Balaban J connectivity index is 1.90. The third kappa shape index (κ3) is 2.84. The predicted molar refractivity (Wildman–Crippen MR) is 89.4 cm³/mol. The molecule has 0 aromatic heterocycles. The minimum Gasteiger partial charge on any atom is -0.331 e. The molecule has 3 nitrogen and oxygen atoms in total. The van der Waals surface area contributed by atoms with E-state index in [2.05, 4.69) is 42.5 Å². The van der Waals surface area contributed by atoms with Crippen molar-refractivity contribution in [2.75, 3.05) is 20.6 Å². The van der Waals surface area contributed by atoms with Crippen molar-refractivity contribution in [2.24, 2.45) is 5.92 Å². The molecule has 0 spiro atoms. The van der Waals surface area contributed by atoms with Crippen molar-refractivity contribution in [3.05, 3.63) is 71.8 Å². The third-order valence-electron chi connectivity index (χ3n) is 4.29. The lowest BCUT2D eigenvalue weighted by atomic mass is 9.92. The number of benzene rings is 1. The number of rotatable bonds is 2. The molecule has 0 saturated carbocycles. The molecule has 0 radical (unpaired) electrons. The van der Waals surface area contributed by atoms with Crippen LogP contribution in [0.3, 0.4) is 0 Å². The van der Waals surface area contributed by atoms with Crippen LogP contribution in [0.5, 0.6) is 0 Å². The molecular formula is C19H22N2O. The summed E-state index contributed by atoms with van der Waals surface area (Å²) < 4.78 is 0. The molecule has 0 saturated heterocycles. The minimum atomic E-state index is 0.0328. The highest BCUT2D eigenvalue weighted by Crippen LogP contribution is 2.35. The zero-order valence-corrected chi connectivity index (χ0v) is 13.1. The van der Waals surface area contributed by atoms with Crippen LogP contribution < -0.4 is 0 Å². The molecule has 1 aliphatic carbocycles. The Morgan fingerprint density at radius 3 is 2.59 bits per heavy atom. The van der Waals surface area contributed by atoms with Gasteiger partial charge in [-0.3, -0.25) is 0 Å². The Bertz CT molecular complexity index is 628. The van der Waals surface area contributed by atoms with Crippen molar-refractivity contribution in [3.8, 4) is 0 Å². The van der Waals surface area contributed by atoms with Gasteiger partial charge in [0.1, 0.15) is 0 Å². The van der Waals surface area contributed by atoms with E-state index >= 15 is 0 Å². The van der Waals surface area contributed by atoms with Gasteiger partial charge in [-0.1, -0.05) is 60.7 Å². The van der Waals surface area contributed by atoms with Crippen LogP contribution in [0.25, 0.3) is 0 Å². The van der Waals surface area contributed by atoms with E-state index in [-0.39, 0.29) is 12.1 Å². The van der Waals surface area contributed by atoms with Crippen molar-refractivity contribution in [1.82, 2.24) is 9.80 Å². The highest BCUT2D eigenvalue weighted by atomic mass is 16.2. The van der Waals surface area contributed by atoms with Gasteiger partial charge >= 0.3 is 6.03 Å². The van der Waals surface area contributed by atoms with Gasteiger partial charge in [0.15, 0.2) is 0 Å². The van der Waals surface area contributed by atoms with Gasteiger partial charge in [0.2, 0.25) is 0 Å². The number of hydrogen-bond donors (Lipinski definition) is 0. The Morgan fingerprint density at radius 1 is 1.18 bits per heavy atom. The Labute approximate surface area is 132 Å². The standard InChI is InChI=1S/C19H22N2O/c1-20(2)19(22)21-14-17(15-9-5-3-6-10-15)13-18(21)16-11-7-4-8-12-16/h3-9,11-13,15,18H,10,14H2,1-2H3. The van der Waals surface area contributed by atoms with Crippen LogP contribution in [-0.4, -0.2) is 36.5 Å². The fourth-order valence-corrected chi connectivity index (χ4v) is 3.11. The van der Waals surface area contributed by atoms with E-state index < -0.39 is 0 Å². The van der Waals surface area contributed by atoms with Crippen LogP contribution in [0.1, 0.15) is 18.0 Å². The molecule has 114 valence electrons. The summed E-state index contributed by atoms with van der Waals surface area (Å²) in [6, 6.07) is 10.4. The highest BCUT2D eigenvalue weighted by molar-refractivity contribution is 5.76. The number of allylic oxidation sites excluding steroid dienone is 4. The summed E-state index contributed by atoms with van der Waals surface area (Å²) in [5, 5.41) is 0. The molecule has 1 aliphatic heterocycles. The SMILES string of the molecule is CN(C)C(=O)N1CC(C2C=CC=CC2)=CC1c1ccccc1. The quantitative estimate of drug-likeness (QED) is 0.761. The number of carbonyl (C=O) groups is 1. The average Bonchev–Trinajstić information content (AvgIpc) is 3.01. The molecule has 2 atom stereocenters. The van der Waals surface area contributed by atoms with Crippen molar-refractivity contribution < 1.29 is 4.79 Å². The molecule has 0 fully saturated rings. The van der Waals surface area contributed by atoms with Crippen LogP contribution >= 0.6 is 0 Å². The smallest absolute Gasteiger partial charge is 0.320 e. The van der Waals surface area contributed by atoms with Crippen molar-refractivity contribution in [2.45, 2.75) is 12.5 Å². The molecule has 1 heterocycles. The van der Waals surface area contributed by atoms with Crippen LogP contribution in [0.4, 0.5) is 4.79 Å². The summed E-state index contributed by atoms with van der Waals surface area (Å²) in [6.45, 7) is 0.708. The molecule has 1 aromatic carbocycles. The number of amides is 2. The fourth-order valence-electron chi connectivity index (χ4n) is 3.11. The molecule has 2 amide bonds. The van der Waals surface area contributed by atoms with Gasteiger partial charge in [0.05, 0.1) is 6.04 Å². The average molecular weight is 294 g/mol. The summed E-state index contributed by atoms with van der Waals surface area (Å²) in [5.41, 5.74) is 2.51. The topological polar surface area (TPSA) is 23.6 Å². The van der Waals surface area contributed by atoms with E-state index in [1.807, 2.05) is 37.2 Å². The first-order valence-electron chi connectivity index (χ1n) is 7.73. The van der Waals surface area contributed by atoms with Crippen molar-refractivity contribution in [1.29, 1.82) is 0 Å². The number of hydrogen-bond acceptors (Lipinski definition) is 1. The van der Waals surface area contributed by atoms with E-state index in [4.69, 9.17) is 0 Å². The zero-order valence-electron chi connectivity index (χ0n) is 13.1. The van der Waals surface area contributed by atoms with Crippen LogP contribution in [0, 0.1) is 5.92 Å². The fraction of sp³-hybridized carbons (Fsp3) is 0.316. The molecule has 3 rings (SSSR count). The summed E-state index contributed by atoms with van der Waals surface area (Å²) in [4.78, 5) is 16.2. The largest absolute Gasteiger partial charge is 0.331 e. The second kappa shape index (κ2) is 6.22. The maximum absolute atomic E-state index is 12.5. The lowest BCUT2D eigenvalue weighted by Gasteiger charge is -2.28. The van der Waals surface area contributed by atoms with Gasteiger partial charge in [-0.25, -0.2) is 4.79 Å². The lowest BCUT2D eigenvalue weighted by Crippen LogP contribution is -2.39. The van der Waals surface area contributed by atoms with E-state index in [1.54, 1.807) is 4.90 Å². The monoisotopic (exact) mass is 294 g/mol. The number of carbonyl (C=O) groups excluding carboxylic acids is 1. The molecule has 1 aromatic rings. The maximum Gasteiger partial charge on any atom is 0.320 e. The van der Waals surface area contributed by atoms with Crippen LogP contribution in [-0.2, 0) is 0 Å². The van der Waals surface area contributed by atoms with Gasteiger partial charge in [0, 0.05) is 26.6 Å². The van der Waals surface area contributed by atoms with Gasteiger partial charge < -0.3 is 9.80 Å². The number of urea groups is 1. The molecule has 0 bridgehead atoms. The molecule has 3 heteroatoms. The van der Waals surface area contributed by atoms with E-state index in [9.17, 15) is 4.79 Å². The van der Waals surface area contributed by atoms with Crippen molar-refractivity contribution >= 4 is 6.03 Å². The molecular weight excluding hydrogens is 272 g/mol. The van der Waals surface area contributed by atoms with Crippen LogP contribution in [0.15, 0.2) is 66.3 Å². The van der Waals surface area contributed by atoms with E-state index in [0.29, 0.717) is 12.5 Å². The van der Waals surface area contributed by atoms with Gasteiger partial charge in [-0.2, -0.15) is 0 Å². The Kier molecular flexibility index (Phi) is 4.14. The molecule has 0 N–H and O–H groups in total. The van der Waals surface area contributed by atoms with E-state index in [0.717, 1.165) is 6.42 Å². The Hall–Kier alpha value is -2.29. The normalized spacial score (nSPS) is 23.5. The van der Waals surface area contributed by atoms with Crippen LogP contribution in [0.2, 0.25) is 0 Å². The lowest BCUT2D eigenvalue weighted by molar-refractivity contribution is 0.169. The molecule has 2 aliphatic rings. The summed E-state index contributed by atoms with van der Waals surface area (Å²) in [5.74, 6) is 0.413. The van der Waals surface area contributed by atoms with E-state index in [1.165, 1.54) is 11.1 Å².